The Morgan fingerprint density at radius 1 is 1.18 bits per heavy atom. The summed E-state index contributed by atoms with van der Waals surface area (Å²) in [4.78, 5) is 0. The fourth-order valence-electron chi connectivity index (χ4n) is 1.83. The molecule has 0 amide bonds. The Bertz CT molecular complexity index is 328. The van der Waals surface area contributed by atoms with Gasteiger partial charge in [0.25, 0.3) is 0 Å². The van der Waals surface area contributed by atoms with E-state index in [0.29, 0.717) is 0 Å². The number of anilines is 1. The molecule has 96 valence electrons. The lowest BCUT2D eigenvalue weighted by atomic mass is 9.86. The normalized spacial score (nSPS) is 11.5. The molecule has 0 aromatic heterocycles. The molecular weight excluding hydrogens is 210 g/mol. The van der Waals surface area contributed by atoms with Gasteiger partial charge in [0.1, 0.15) is 0 Å². The van der Waals surface area contributed by atoms with Gasteiger partial charge >= 0.3 is 0 Å². The second-order valence-electron chi connectivity index (χ2n) is 5.27. The molecule has 0 saturated carbocycles. The predicted molar refractivity (Wildman–Crippen MR) is 74.7 cm³/mol. The fraction of sp³-hybridized carbons (Fsp3) is 0.600. The van der Waals surface area contributed by atoms with Gasteiger partial charge in [-0.1, -0.05) is 39.0 Å². The van der Waals surface area contributed by atoms with Gasteiger partial charge in [-0.3, -0.25) is 0 Å². The van der Waals surface area contributed by atoms with Gasteiger partial charge in [0.2, 0.25) is 0 Å². The average Bonchev–Trinajstić information content (AvgIpc) is 2.28. The number of rotatable bonds is 6. The van der Waals surface area contributed by atoms with E-state index in [0.717, 1.165) is 26.2 Å². The van der Waals surface area contributed by atoms with Crippen LogP contribution in [0.1, 0.15) is 39.7 Å². The highest BCUT2D eigenvalue weighted by atomic mass is 16.5. The van der Waals surface area contributed by atoms with Gasteiger partial charge in [-0.05, 0) is 30.4 Å². The second-order valence-corrected chi connectivity index (χ2v) is 5.27. The number of hydrogen-bond donors (Lipinski definition) is 1. The molecule has 0 spiro atoms. The molecule has 2 heteroatoms. The van der Waals surface area contributed by atoms with Crippen LogP contribution in [0.4, 0.5) is 5.69 Å². The summed E-state index contributed by atoms with van der Waals surface area (Å²) in [5, 5.41) is 3.50. The number of ether oxygens (including phenoxy) is 1. The molecule has 0 radical (unpaired) electrons. The van der Waals surface area contributed by atoms with Gasteiger partial charge in [-0.15, -0.1) is 0 Å². The van der Waals surface area contributed by atoms with Crippen LogP contribution in [0.15, 0.2) is 24.3 Å². The minimum absolute atomic E-state index is 0.184. The molecule has 1 rings (SSSR count). The molecule has 0 fully saturated rings. The Hall–Kier alpha value is -1.02. The van der Waals surface area contributed by atoms with Crippen LogP contribution in [0, 0.1) is 0 Å². The largest absolute Gasteiger partial charge is 0.385 e. The van der Waals surface area contributed by atoms with Crippen LogP contribution < -0.4 is 5.32 Å². The molecule has 1 N–H and O–H groups in total. The van der Waals surface area contributed by atoms with Crippen molar-refractivity contribution in [3.8, 4) is 0 Å². The predicted octanol–water partition coefficient (Wildman–Crippen LogP) is 3.82. The van der Waals surface area contributed by atoms with E-state index < -0.39 is 0 Å². The maximum atomic E-state index is 5.33. The van der Waals surface area contributed by atoms with Gasteiger partial charge in [0.15, 0.2) is 0 Å². The summed E-state index contributed by atoms with van der Waals surface area (Å²) < 4.78 is 5.33. The van der Waals surface area contributed by atoms with Crippen LogP contribution >= 0.6 is 0 Å². The summed E-state index contributed by atoms with van der Waals surface area (Å²) in [7, 11) is 0. The Labute approximate surface area is 105 Å². The summed E-state index contributed by atoms with van der Waals surface area (Å²) in [6, 6.07) is 8.54. The first kappa shape index (κ1) is 14.0. The lowest BCUT2D eigenvalue weighted by Gasteiger charge is -2.23. The van der Waals surface area contributed by atoms with Crippen molar-refractivity contribution < 1.29 is 4.74 Å². The van der Waals surface area contributed by atoms with Crippen molar-refractivity contribution in [3.63, 3.8) is 0 Å². The molecule has 0 aliphatic heterocycles. The molecule has 0 unspecified atom stereocenters. The standard InChI is InChI=1S/C15H25NO/c1-5-17-12-8-11-16-14-10-7-6-9-13(14)15(2,3)4/h6-7,9-10,16H,5,8,11-12H2,1-4H3. The molecule has 17 heavy (non-hydrogen) atoms. The first-order valence-electron chi connectivity index (χ1n) is 6.47. The number of benzene rings is 1. The van der Waals surface area contributed by atoms with Gasteiger partial charge < -0.3 is 10.1 Å². The molecule has 0 aliphatic rings. The van der Waals surface area contributed by atoms with Gasteiger partial charge in [-0.2, -0.15) is 0 Å². The van der Waals surface area contributed by atoms with E-state index in [1.54, 1.807) is 0 Å². The Balaban J connectivity index is 2.53. The fourth-order valence-corrected chi connectivity index (χ4v) is 1.83. The third-order valence-corrected chi connectivity index (χ3v) is 2.72. The van der Waals surface area contributed by atoms with Crippen molar-refractivity contribution >= 4 is 5.69 Å². The monoisotopic (exact) mass is 235 g/mol. The zero-order chi connectivity index (χ0) is 12.7. The molecular formula is C15H25NO. The van der Waals surface area contributed by atoms with Gasteiger partial charge in [0.05, 0.1) is 0 Å². The summed E-state index contributed by atoms with van der Waals surface area (Å²) in [5.41, 5.74) is 2.80. The SMILES string of the molecule is CCOCCCNc1ccccc1C(C)(C)C. The molecule has 1 aromatic rings. The van der Waals surface area contributed by atoms with Crippen LogP contribution in [0.3, 0.4) is 0 Å². The van der Waals surface area contributed by atoms with Crippen molar-refractivity contribution in [2.24, 2.45) is 0 Å². The van der Waals surface area contributed by atoms with E-state index in [-0.39, 0.29) is 5.41 Å². The molecule has 0 saturated heterocycles. The van der Waals surface area contributed by atoms with E-state index in [1.165, 1.54) is 11.3 Å². The molecule has 1 aromatic carbocycles. The van der Waals surface area contributed by atoms with E-state index in [9.17, 15) is 0 Å². The molecule has 0 aliphatic carbocycles. The van der Waals surface area contributed by atoms with Crippen LogP contribution in [-0.2, 0) is 10.2 Å². The minimum atomic E-state index is 0.184. The third-order valence-electron chi connectivity index (χ3n) is 2.72. The maximum Gasteiger partial charge on any atom is 0.0482 e. The highest BCUT2D eigenvalue weighted by molar-refractivity contribution is 5.54. The van der Waals surface area contributed by atoms with E-state index in [1.807, 2.05) is 6.92 Å². The first-order chi connectivity index (χ1) is 8.05. The zero-order valence-electron chi connectivity index (χ0n) is 11.5. The van der Waals surface area contributed by atoms with Gasteiger partial charge in [-0.25, -0.2) is 0 Å². The Kier molecular flexibility index (Phi) is 5.49. The van der Waals surface area contributed by atoms with Gasteiger partial charge in [0, 0.05) is 25.4 Å². The number of hydrogen-bond acceptors (Lipinski definition) is 2. The van der Waals surface area contributed by atoms with Crippen LogP contribution in [-0.4, -0.2) is 19.8 Å². The summed E-state index contributed by atoms with van der Waals surface area (Å²) >= 11 is 0. The molecule has 0 heterocycles. The average molecular weight is 235 g/mol. The quantitative estimate of drug-likeness (QED) is 0.757. The summed E-state index contributed by atoms with van der Waals surface area (Å²) in [6.07, 6.45) is 1.05. The summed E-state index contributed by atoms with van der Waals surface area (Å²) in [6.45, 7) is 11.4. The second kappa shape index (κ2) is 6.65. The third kappa shape index (κ3) is 4.78. The van der Waals surface area contributed by atoms with E-state index >= 15 is 0 Å². The highest BCUT2D eigenvalue weighted by Crippen LogP contribution is 2.28. The topological polar surface area (TPSA) is 21.3 Å². The lowest BCUT2D eigenvalue weighted by Crippen LogP contribution is -2.15. The maximum absolute atomic E-state index is 5.33. The van der Waals surface area contributed by atoms with Crippen LogP contribution in [0.5, 0.6) is 0 Å². The Morgan fingerprint density at radius 2 is 1.88 bits per heavy atom. The molecule has 0 atom stereocenters. The van der Waals surface area contributed by atoms with Crippen molar-refractivity contribution in [2.45, 2.75) is 39.5 Å². The van der Waals surface area contributed by atoms with E-state index in [2.05, 4.69) is 50.4 Å². The van der Waals surface area contributed by atoms with Crippen molar-refractivity contribution in [1.29, 1.82) is 0 Å². The number of para-hydroxylation sites is 1. The summed E-state index contributed by atoms with van der Waals surface area (Å²) in [5.74, 6) is 0. The minimum Gasteiger partial charge on any atom is -0.385 e. The van der Waals surface area contributed by atoms with Crippen LogP contribution in [0.25, 0.3) is 0 Å². The van der Waals surface area contributed by atoms with Crippen molar-refractivity contribution in [2.75, 3.05) is 25.1 Å². The Morgan fingerprint density at radius 3 is 2.53 bits per heavy atom. The van der Waals surface area contributed by atoms with Crippen molar-refractivity contribution in [3.05, 3.63) is 29.8 Å². The zero-order valence-corrected chi connectivity index (χ0v) is 11.5. The lowest BCUT2D eigenvalue weighted by molar-refractivity contribution is 0.147. The smallest absolute Gasteiger partial charge is 0.0482 e. The highest BCUT2D eigenvalue weighted by Gasteiger charge is 2.16. The van der Waals surface area contributed by atoms with E-state index in [4.69, 9.17) is 4.74 Å². The molecule has 0 bridgehead atoms. The van der Waals surface area contributed by atoms with Crippen molar-refractivity contribution in [1.82, 2.24) is 0 Å². The molecule has 2 nitrogen and oxygen atoms in total. The number of nitrogens with one attached hydrogen (secondary N) is 1. The van der Waals surface area contributed by atoms with Crippen LogP contribution in [0.2, 0.25) is 0 Å². The first-order valence-corrected chi connectivity index (χ1v) is 6.47.